The van der Waals surface area contributed by atoms with Gasteiger partial charge in [0.25, 0.3) is 0 Å². The second-order valence-corrected chi connectivity index (χ2v) is 8.49. The second kappa shape index (κ2) is 4.97. The molecule has 0 unspecified atom stereocenters. The maximum absolute atomic E-state index is 10.7. The van der Waals surface area contributed by atoms with Crippen LogP contribution in [0.5, 0.6) is 5.75 Å². The Hall–Kier alpha value is -1.06. The third-order valence-corrected chi connectivity index (χ3v) is 7.22. The third kappa shape index (κ3) is 2.09. The monoisotopic (exact) mass is 316 g/mol. The fourth-order valence-corrected chi connectivity index (χ4v) is 6.02. The molecule has 2 saturated carbocycles. The van der Waals surface area contributed by atoms with E-state index >= 15 is 0 Å². The van der Waals surface area contributed by atoms with Crippen molar-refractivity contribution in [3.8, 4) is 5.75 Å². The van der Waals surface area contributed by atoms with Crippen molar-refractivity contribution in [1.82, 2.24) is 0 Å². The van der Waals surface area contributed by atoms with Crippen molar-refractivity contribution in [2.45, 2.75) is 63.6 Å². The summed E-state index contributed by atoms with van der Waals surface area (Å²) in [7, 11) is 1.72. The van der Waals surface area contributed by atoms with E-state index in [1.54, 1.807) is 7.11 Å². The minimum Gasteiger partial charge on any atom is -0.497 e. The lowest BCUT2D eigenvalue weighted by Crippen LogP contribution is -2.46. The van der Waals surface area contributed by atoms with Gasteiger partial charge in [-0.15, -0.1) is 0 Å². The SMILES string of the molecule is COc1ccc2c(c1)CC[C@@H]1[C@@H]2CC[C@@]2(C)[C@H]1C[C@@](C)(O)[C@H]2O. The molecule has 0 spiro atoms. The Balaban J connectivity index is 1.70. The molecule has 0 heterocycles. The maximum Gasteiger partial charge on any atom is 0.119 e. The van der Waals surface area contributed by atoms with E-state index in [4.69, 9.17) is 4.74 Å². The molecule has 126 valence electrons. The summed E-state index contributed by atoms with van der Waals surface area (Å²) in [5.41, 5.74) is 1.84. The second-order valence-electron chi connectivity index (χ2n) is 8.49. The van der Waals surface area contributed by atoms with Gasteiger partial charge in [0.2, 0.25) is 0 Å². The van der Waals surface area contributed by atoms with Crippen LogP contribution in [0, 0.1) is 17.3 Å². The number of aliphatic hydroxyl groups is 2. The molecule has 0 aliphatic heterocycles. The molecular weight excluding hydrogens is 288 g/mol. The summed E-state index contributed by atoms with van der Waals surface area (Å²) in [4.78, 5) is 0. The van der Waals surface area contributed by atoms with Gasteiger partial charge in [0, 0.05) is 0 Å². The lowest BCUT2D eigenvalue weighted by atomic mass is 9.55. The molecule has 0 radical (unpaired) electrons. The maximum atomic E-state index is 10.7. The first-order valence-electron chi connectivity index (χ1n) is 8.94. The molecule has 0 bridgehead atoms. The van der Waals surface area contributed by atoms with E-state index in [1.165, 1.54) is 11.1 Å². The number of aryl methyl sites for hydroxylation is 1. The zero-order valence-electron chi connectivity index (χ0n) is 14.4. The van der Waals surface area contributed by atoms with Crippen molar-refractivity contribution < 1.29 is 14.9 Å². The van der Waals surface area contributed by atoms with Crippen LogP contribution in [0.4, 0.5) is 0 Å². The highest BCUT2D eigenvalue weighted by molar-refractivity contribution is 5.40. The van der Waals surface area contributed by atoms with Crippen LogP contribution in [0.25, 0.3) is 0 Å². The van der Waals surface area contributed by atoms with Crippen molar-refractivity contribution in [2.75, 3.05) is 7.11 Å². The minimum atomic E-state index is -0.936. The van der Waals surface area contributed by atoms with Crippen molar-refractivity contribution >= 4 is 0 Å². The highest BCUT2D eigenvalue weighted by Crippen LogP contribution is 2.63. The molecule has 6 atom stereocenters. The summed E-state index contributed by atoms with van der Waals surface area (Å²) in [5.74, 6) is 2.52. The normalized spacial score (nSPS) is 45.1. The number of ether oxygens (including phenoxy) is 1. The average Bonchev–Trinajstić information content (AvgIpc) is 2.73. The van der Waals surface area contributed by atoms with Gasteiger partial charge in [0.15, 0.2) is 0 Å². The van der Waals surface area contributed by atoms with E-state index in [-0.39, 0.29) is 5.41 Å². The molecule has 3 aliphatic carbocycles. The Morgan fingerprint density at radius 3 is 2.74 bits per heavy atom. The van der Waals surface area contributed by atoms with Crippen LogP contribution in [0.3, 0.4) is 0 Å². The number of hydrogen-bond acceptors (Lipinski definition) is 3. The molecule has 2 fully saturated rings. The van der Waals surface area contributed by atoms with Crippen molar-refractivity contribution in [2.24, 2.45) is 17.3 Å². The molecule has 3 aliphatic rings. The first-order chi connectivity index (χ1) is 10.9. The molecule has 3 nitrogen and oxygen atoms in total. The van der Waals surface area contributed by atoms with Crippen LogP contribution in [0.2, 0.25) is 0 Å². The highest BCUT2D eigenvalue weighted by Gasteiger charge is 2.61. The van der Waals surface area contributed by atoms with Gasteiger partial charge in [0.1, 0.15) is 5.75 Å². The molecule has 1 aromatic rings. The van der Waals surface area contributed by atoms with Gasteiger partial charge in [-0.05, 0) is 85.5 Å². The van der Waals surface area contributed by atoms with E-state index in [1.807, 2.05) is 6.92 Å². The predicted molar refractivity (Wildman–Crippen MR) is 89.6 cm³/mol. The van der Waals surface area contributed by atoms with Gasteiger partial charge in [0.05, 0.1) is 18.8 Å². The number of rotatable bonds is 1. The number of benzene rings is 1. The van der Waals surface area contributed by atoms with Gasteiger partial charge >= 0.3 is 0 Å². The van der Waals surface area contributed by atoms with Crippen LogP contribution < -0.4 is 4.74 Å². The van der Waals surface area contributed by atoms with Crippen molar-refractivity contribution in [3.05, 3.63) is 29.3 Å². The van der Waals surface area contributed by atoms with Crippen LogP contribution in [-0.4, -0.2) is 29.0 Å². The van der Waals surface area contributed by atoms with Gasteiger partial charge < -0.3 is 14.9 Å². The third-order valence-electron chi connectivity index (χ3n) is 7.22. The lowest BCUT2D eigenvalue weighted by molar-refractivity contribution is -0.0903. The number of methoxy groups -OCH3 is 1. The Labute approximate surface area is 138 Å². The molecule has 0 aromatic heterocycles. The summed E-state index contributed by atoms with van der Waals surface area (Å²) in [6.07, 6.45) is 4.49. The topological polar surface area (TPSA) is 49.7 Å². The van der Waals surface area contributed by atoms with Gasteiger partial charge in [-0.3, -0.25) is 0 Å². The largest absolute Gasteiger partial charge is 0.497 e. The first kappa shape index (κ1) is 15.5. The zero-order chi connectivity index (χ0) is 16.4. The molecule has 0 saturated heterocycles. The first-order valence-corrected chi connectivity index (χ1v) is 8.94. The standard InChI is InChI=1S/C20H28O3/c1-19-9-8-15-14-7-5-13(23-3)10-12(14)4-6-16(15)17(19)11-20(2,22)18(19)21/h5,7,10,15-18,21-22H,4,6,8-9,11H2,1-3H3/t15-,16-,17+,18+,19+,20-/m1/s1. The fourth-order valence-electron chi connectivity index (χ4n) is 6.02. The molecule has 23 heavy (non-hydrogen) atoms. The van der Waals surface area contributed by atoms with Gasteiger partial charge in [-0.25, -0.2) is 0 Å². The van der Waals surface area contributed by atoms with Crippen LogP contribution in [0.1, 0.15) is 56.6 Å². The van der Waals surface area contributed by atoms with E-state index < -0.39 is 11.7 Å². The summed E-state index contributed by atoms with van der Waals surface area (Å²) in [6.45, 7) is 4.02. The fraction of sp³-hybridized carbons (Fsp3) is 0.700. The molecule has 3 heteroatoms. The molecule has 1 aromatic carbocycles. The quantitative estimate of drug-likeness (QED) is 0.836. The number of fused-ring (bicyclic) bond motifs is 5. The van der Waals surface area contributed by atoms with Crippen molar-refractivity contribution in [3.63, 3.8) is 0 Å². The lowest BCUT2D eigenvalue weighted by Gasteiger charge is -2.50. The van der Waals surface area contributed by atoms with Crippen LogP contribution in [0.15, 0.2) is 18.2 Å². The van der Waals surface area contributed by atoms with E-state index in [9.17, 15) is 10.2 Å². The van der Waals surface area contributed by atoms with Crippen LogP contribution in [-0.2, 0) is 6.42 Å². The van der Waals surface area contributed by atoms with Crippen molar-refractivity contribution in [1.29, 1.82) is 0 Å². The highest BCUT2D eigenvalue weighted by atomic mass is 16.5. The van der Waals surface area contributed by atoms with E-state index in [2.05, 4.69) is 25.1 Å². The predicted octanol–water partition coefficient (Wildman–Crippen LogP) is 3.27. The number of aliphatic hydroxyl groups excluding tert-OH is 1. The number of hydrogen-bond donors (Lipinski definition) is 2. The zero-order valence-corrected chi connectivity index (χ0v) is 14.4. The summed E-state index contributed by atoms with van der Waals surface area (Å²) in [6, 6.07) is 6.52. The Bertz CT molecular complexity index is 623. The average molecular weight is 316 g/mol. The Kier molecular flexibility index (Phi) is 3.34. The summed E-state index contributed by atoms with van der Waals surface area (Å²) in [5, 5.41) is 21.3. The molecule has 2 N–H and O–H groups in total. The molecule has 0 amide bonds. The Morgan fingerprint density at radius 2 is 2.00 bits per heavy atom. The van der Waals surface area contributed by atoms with Gasteiger partial charge in [-0.2, -0.15) is 0 Å². The van der Waals surface area contributed by atoms with E-state index in [0.29, 0.717) is 17.8 Å². The van der Waals surface area contributed by atoms with Gasteiger partial charge in [-0.1, -0.05) is 13.0 Å². The Morgan fingerprint density at radius 1 is 1.22 bits per heavy atom. The minimum absolute atomic E-state index is 0.130. The molecule has 4 rings (SSSR count). The summed E-state index contributed by atoms with van der Waals surface area (Å²) >= 11 is 0. The van der Waals surface area contributed by atoms with E-state index in [0.717, 1.165) is 37.9 Å². The summed E-state index contributed by atoms with van der Waals surface area (Å²) < 4.78 is 5.38. The molecular formula is C20H28O3. The smallest absolute Gasteiger partial charge is 0.119 e. The van der Waals surface area contributed by atoms with Crippen LogP contribution >= 0.6 is 0 Å².